The molecule has 2 aromatic rings. The Balaban J connectivity index is 2.10. The maximum atomic E-state index is 4.50. The lowest BCUT2D eigenvalue weighted by molar-refractivity contribution is 0.863. The van der Waals surface area contributed by atoms with E-state index in [1.54, 1.807) is 6.20 Å². The van der Waals surface area contributed by atoms with Crippen LogP contribution in [0.2, 0.25) is 0 Å². The minimum Gasteiger partial charge on any atom is -0.362 e. The van der Waals surface area contributed by atoms with Crippen LogP contribution in [-0.4, -0.2) is 9.97 Å². The largest absolute Gasteiger partial charge is 0.362 e. The van der Waals surface area contributed by atoms with E-state index in [4.69, 9.17) is 0 Å². The molecular formula is C16H21N3. The lowest BCUT2D eigenvalue weighted by Crippen LogP contribution is -2.09. The molecule has 0 saturated heterocycles. The summed E-state index contributed by atoms with van der Waals surface area (Å²) < 4.78 is 0. The molecule has 0 spiro atoms. The van der Waals surface area contributed by atoms with Gasteiger partial charge in [0.15, 0.2) is 0 Å². The van der Waals surface area contributed by atoms with Crippen molar-refractivity contribution in [3.8, 4) is 0 Å². The van der Waals surface area contributed by atoms with Crippen molar-refractivity contribution in [1.29, 1.82) is 0 Å². The van der Waals surface area contributed by atoms with Gasteiger partial charge in [-0.3, -0.25) is 4.98 Å². The van der Waals surface area contributed by atoms with Crippen LogP contribution in [0.5, 0.6) is 0 Å². The first kappa shape index (κ1) is 13.5. The minimum absolute atomic E-state index is 0.224. The lowest BCUT2D eigenvalue weighted by Gasteiger charge is -2.15. The van der Waals surface area contributed by atoms with Gasteiger partial charge in [-0.2, -0.15) is 0 Å². The van der Waals surface area contributed by atoms with Crippen molar-refractivity contribution in [3.05, 3.63) is 53.0 Å². The summed E-state index contributed by atoms with van der Waals surface area (Å²) in [5.74, 6) is 0.829. The van der Waals surface area contributed by atoms with Gasteiger partial charge in [0.2, 0.25) is 0 Å². The SMILES string of the molecule is CCc1ccc(C(C)Nc2cnc(C)c(C)n2)cc1. The van der Waals surface area contributed by atoms with Crippen molar-refractivity contribution in [3.63, 3.8) is 0 Å². The summed E-state index contributed by atoms with van der Waals surface area (Å²) >= 11 is 0. The Kier molecular flexibility index (Phi) is 4.15. The number of rotatable bonds is 4. The first-order valence-corrected chi connectivity index (χ1v) is 6.75. The van der Waals surface area contributed by atoms with Crippen molar-refractivity contribution in [1.82, 2.24) is 9.97 Å². The molecule has 1 unspecified atom stereocenters. The molecular weight excluding hydrogens is 234 g/mol. The molecule has 19 heavy (non-hydrogen) atoms. The van der Waals surface area contributed by atoms with Crippen LogP contribution in [0, 0.1) is 13.8 Å². The van der Waals surface area contributed by atoms with E-state index >= 15 is 0 Å². The van der Waals surface area contributed by atoms with Crippen LogP contribution >= 0.6 is 0 Å². The number of benzene rings is 1. The third-order valence-electron chi connectivity index (χ3n) is 3.44. The van der Waals surface area contributed by atoms with Crippen molar-refractivity contribution in [2.75, 3.05) is 5.32 Å². The molecule has 0 saturated carbocycles. The summed E-state index contributed by atoms with van der Waals surface area (Å²) in [6.45, 7) is 8.26. The van der Waals surface area contributed by atoms with Crippen LogP contribution in [0.15, 0.2) is 30.5 Å². The Hall–Kier alpha value is -1.90. The highest BCUT2D eigenvalue weighted by Gasteiger charge is 2.07. The number of anilines is 1. The van der Waals surface area contributed by atoms with E-state index in [2.05, 4.69) is 53.4 Å². The van der Waals surface area contributed by atoms with Crippen molar-refractivity contribution in [2.45, 2.75) is 40.2 Å². The summed E-state index contributed by atoms with van der Waals surface area (Å²) in [6, 6.07) is 8.93. The quantitative estimate of drug-likeness (QED) is 0.902. The van der Waals surface area contributed by atoms with Gasteiger partial charge in [0.25, 0.3) is 0 Å². The number of hydrogen-bond acceptors (Lipinski definition) is 3. The minimum atomic E-state index is 0.224. The molecule has 0 bridgehead atoms. The number of hydrogen-bond donors (Lipinski definition) is 1. The van der Waals surface area contributed by atoms with Crippen LogP contribution in [-0.2, 0) is 6.42 Å². The molecule has 0 aliphatic heterocycles. The Morgan fingerprint density at radius 2 is 1.79 bits per heavy atom. The van der Waals surface area contributed by atoms with E-state index in [1.807, 2.05) is 13.8 Å². The van der Waals surface area contributed by atoms with Crippen LogP contribution in [0.25, 0.3) is 0 Å². The van der Waals surface area contributed by atoms with Crippen LogP contribution in [0.1, 0.15) is 42.4 Å². The number of nitrogens with zero attached hydrogens (tertiary/aromatic N) is 2. The highest BCUT2D eigenvalue weighted by atomic mass is 15.0. The van der Waals surface area contributed by atoms with E-state index in [0.29, 0.717) is 0 Å². The Morgan fingerprint density at radius 3 is 2.37 bits per heavy atom. The van der Waals surface area contributed by atoms with Gasteiger partial charge >= 0.3 is 0 Å². The molecule has 1 atom stereocenters. The van der Waals surface area contributed by atoms with Gasteiger partial charge in [-0.15, -0.1) is 0 Å². The van der Waals surface area contributed by atoms with Crippen LogP contribution in [0.3, 0.4) is 0 Å². The standard InChI is InChI=1S/C16H21N3/c1-5-14-6-8-15(9-7-14)13(4)19-16-10-17-11(2)12(3)18-16/h6-10,13H,5H2,1-4H3,(H,18,19). The Labute approximate surface area is 115 Å². The fraction of sp³-hybridized carbons (Fsp3) is 0.375. The zero-order valence-electron chi connectivity index (χ0n) is 12.1. The maximum absolute atomic E-state index is 4.50. The fourth-order valence-corrected chi connectivity index (χ4v) is 1.96. The molecule has 1 aromatic carbocycles. The Morgan fingerprint density at radius 1 is 1.11 bits per heavy atom. The second-order valence-electron chi connectivity index (χ2n) is 4.89. The first-order chi connectivity index (χ1) is 9.10. The normalized spacial score (nSPS) is 12.2. The third kappa shape index (κ3) is 3.31. The molecule has 0 amide bonds. The average molecular weight is 255 g/mol. The second kappa shape index (κ2) is 5.83. The zero-order valence-corrected chi connectivity index (χ0v) is 12.1. The molecule has 0 radical (unpaired) electrons. The topological polar surface area (TPSA) is 37.8 Å². The fourth-order valence-electron chi connectivity index (χ4n) is 1.96. The predicted octanol–water partition coefficient (Wildman–Crippen LogP) is 3.83. The van der Waals surface area contributed by atoms with Crippen molar-refractivity contribution >= 4 is 5.82 Å². The number of nitrogens with one attached hydrogen (secondary N) is 1. The highest BCUT2D eigenvalue weighted by molar-refractivity contribution is 5.38. The molecule has 3 nitrogen and oxygen atoms in total. The van der Waals surface area contributed by atoms with Crippen LogP contribution < -0.4 is 5.32 Å². The second-order valence-corrected chi connectivity index (χ2v) is 4.89. The maximum Gasteiger partial charge on any atom is 0.145 e. The molecule has 2 rings (SSSR count). The molecule has 100 valence electrons. The summed E-state index contributed by atoms with van der Waals surface area (Å²) in [6.07, 6.45) is 2.87. The van der Waals surface area contributed by atoms with Gasteiger partial charge < -0.3 is 5.32 Å². The smallest absolute Gasteiger partial charge is 0.145 e. The molecule has 3 heteroatoms. The Bertz CT molecular complexity index is 546. The summed E-state index contributed by atoms with van der Waals surface area (Å²) in [5.41, 5.74) is 4.57. The highest BCUT2D eigenvalue weighted by Crippen LogP contribution is 2.18. The molecule has 0 aliphatic rings. The van der Waals surface area contributed by atoms with E-state index in [9.17, 15) is 0 Å². The molecule has 0 aliphatic carbocycles. The molecule has 0 fully saturated rings. The van der Waals surface area contributed by atoms with Gasteiger partial charge in [-0.1, -0.05) is 31.2 Å². The van der Waals surface area contributed by atoms with E-state index < -0.39 is 0 Å². The van der Waals surface area contributed by atoms with Crippen LogP contribution in [0.4, 0.5) is 5.82 Å². The molecule has 1 heterocycles. The monoisotopic (exact) mass is 255 g/mol. The average Bonchev–Trinajstić information content (AvgIpc) is 2.43. The molecule has 1 aromatic heterocycles. The summed E-state index contributed by atoms with van der Waals surface area (Å²) in [7, 11) is 0. The van der Waals surface area contributed by atoms with Gasteiger partial charge in [0.1, 0.15) is 5.82 Å². The predicted molar refractivity (Wildman–Crippen MR) is 79.4 cm³/mol. The lowest BCUT2D eigenvalue weighted by atomic mass is 10.1. The summed E-state index contributed by atoms with van der Waals surface area (Å²) in [5, 5.41) is 3.39. The van der Waals surface area contributed by atoms with E-state index in [0.717, 1.165) is 23.6 Å². The van der Waals surface area contributed by atoms with Gasteiger partial charge in [0.05, 0.1) is 17.6 Å². The van der Waals surface area contributed by atoms with E-state index in [-0.39, 0.29) is 6.04 Å². The zero-order chi connectivity index (χ0) is 13.8. The van der Waals surface area contributed by atoms with Gasteiger partial charge in [0, 0.05) is 6.04 Å². The first-order valence-electron chi connectivity index (χ1n) is 6.75. The van der Waals surface area contributed by atoms with Gasteiger partial charge in [-0.05, 0) is 38.3 Å². The van der Waals surface area contributed by atoms with Crippen molar-refractivity contribution < 1.29 is 0 Å². The number of aromatic nitrogens is 2. The third-order valence-corrected chi connectivity index (χ3v) is 3.44. The summed E-state index contributed by atoms with van der Waals surface area (Å²) in [4.78, 5) is 8.83. The number of aryl methyl sites for hydroxylation is 3. The van der Waals surface area contributed by atoms with E-state index in [1.165, 1.54) is 11.1 Å². The molecule has 1 N–H and O–H groups in total. The van der Waals surface area contributed by atoms with Crippen molar-refractivity contribution in [2.24, 2.45) is 0 Å². The van der Waals surface area contributed by atoms with Gasteiger partial charge in [-0.25, -0.2) is 4.98 Å².